The molecule has 0 aliphatic rings. The number of amides is 1. The summed E-state index contributed by atoms with van der Waals surface area (Å²) in [6.07, 6.45) is 5.18. The van der Waals surface area contributed by atoms with Gasteiger partial charge in [-0.2, -0.15) is 0 Å². The Hall–Kier alpha value is -3.94. The summed E-state index contributed by atoms with van der Waals surface area (Å²) >= 11 is 0. The second kappa shape index (κ2) is 8.60. The Kier molecular flexibility index (Phi) is 5.56. The number of aryl methyl sites for hydroxylation is 1. The summed E-state index contributed by atoms with van der Waals surface area (Å²) in [5.41, 5.74) is 2.18. The Balaban J connectivity index is 1.57. The highest BCUT2D eigenvalue weighted by Crippen LogP contribution is 2.24. The van der Waals surface area contributed by atoms with E-state index in [1.165, 1.54) is 0 Å². The largest absolute Gasteiger partial charge is 0.497 e. The van der Waals surface area contributed by atoms with Crippen LogP contribution in [-0.4, -0.2) is 37.6 Å². The number of carbonyl (C=O) groups is 1. The molecule has 4 rings (SSSR count). The van der Waals surface area contributed by atoms with Crippen LogP contribution in [0.5, 0.6) is 5.75 Å². The van der Waals surface area contributed by atoms with Crippen LogP contribution < -0.4 is 10.1 Å². The van der Waals surface area contributed by atoms with Gasteiger partial charge in [0, 0.05) is 19.4 Å². The lowest BCUT2D eigenvalue weighted by atomic mass is 10.1. The van der Waals surface area contributed by atoms with E-state index in [9.17, 15) is 4.79 Å². The van der Waals surface area contributed by atoms with Gasteiger partial charge in [0.2, 0.25) is 0 Å². The third-order valence-corrected chi connectivity index (χ3v) is 4.78. The molecule has 0 radical (unpaired) electrons. The molecule has 0 aliphatic heterocycles. The second-order valence-corrected chi connectivity index (χ2v) is 6.87. The summed E-state index contributed by atoms with van der Waals surface area (Å²) in [5.74, 6) is 1.08. The Bertz CT molecular complexity index is 1140. The minimum Gasteiger partial charge on any atom is -0.497 e. The van der Waals surface area contributed by atoms with Gasteiger partial charge in [-0.05, 0) is 23.3 Å². The number of hydrogen-bond acceptors (Lipinski definition) is 5. The van der Waals surface area contributed by atoms with Gasteiger partial charge in [-0.15, -0.1) is 5.10 Å². The lowest BCUT2D eigenvalue weighted by Gasteiger charge is -2.19. The first-order chi connectivity index (χ1) is 14.6. The van der Waals surface area contributed by atoms with Crippen LogP contribution in [-0.2, 0) is 13.6 Å². The van der Waals surface area contributed by atoms with Crippen LogP contribution in [0.25, 0.3) is 0 Å². The van der Waals surface area contributed by atoms with Gasteiger partial charge in [0.05, 0.1) is 19.9 Å². The van der Waals surface area contributed by atoms with Crippen molar-refractivity contribution in [3.05, 3.63) is 95.8 Å². The van der Waals surface area contributed by atoms with Gasteiger partial charge in [-0.3, -0.25) is 4.79 Å². The van der Waals surface area contributed by atoms with Gasteiger partial charge >= 0.3 is 0 Å². The SMILES string of the molecule is COc1cccc(C(NC(=O)c2cn(Cc3ccccc3)nn2)c2nccn2C)c1. The molecule has 1 atom stereocenters. The zero-order valence-corrected chi connectivity index (χ0v) is 16.8. The first-order valence-corrected chi connectivity index (χ1v) is 9.50. The van der Waals surface area contributed by atoms with Gasteiger partial charge in [0.15, 0.2) is 5.69 Å². The number of rotatable bonds is 7. The van der Waals surface area contributed by atoms with E-state index in [4.69, 9.17) is 4.74 Å². The summed E-state index contributed by atoms with van der Waals surface area (Å²) in [6, 6.07) is 17.0. The van der Waals surface area contributed by atoms with E-state index in [2.05, 4.69) is 20.6 Å². The van der Waals surface area contributed by atoms with Gasteiger partial charge < -0.3 is 14.6 Å². The van der Waals surface area contributed by atoms with E-state index >= 15 is 0 Å². The number of nitrogens with one attached hydrogen (secondary N) is 1. The normalized spacial score (nSPS) is 11.8. The molecule has 30 heavy (non-hydrogen) atoms. The van der Waals surface area contributed by atoms with E-state index in [-0.39, 0.29) is 11.6 Å². The molecule has 2 aromatic heterocycles. The predicted molar refractivity (Wildman–Crippen MR) is 111 cm³/mol. The summed E-state index contributed by atoms with van der Waals surface area (Å²) in [5, 5.41) is 11.2. The van der Waals surface area contributed by atoms with E-state index in [1.807, 2.05) is 72.4 Å². The Morgan fingerprint density at radius 3 is 2.73 bits per heavy atom. The van der Waals surface area contributed by atoms with Crippen molar-refractivity contribution in [2.24, 2.45) is 7.05 Å². The molecule has 0 fully saturated rings. The molecule has 152 valence electrons. The third kappa shape index (κ3) is 4.22. The monoisotopic (exact) mass is 402 g/mol. The topological polar surface area (TPSA) is 86.9 Å². The lowest BCUT2D eigenvalue weighted by Crippen LogP contribution is -2.31. The summed E-state index contributed by atoms with van der Waals surface area (Å²) in [7, 11) is 3.50. The van der Waals surface area contributed by atoms with Gasteiger partial charge in [0.1, 0.15) is 17.6 Å². The lowest BCUT2D eigenvalue weighted by molar-refractivity contribution is 0.0936. The van der Waals surface area contributed by atoms with Crippen LogP contribution in [0.2, 0.25) is 0 Å². The minimum atomic E-state index is -0.466. The van der Waals surface area contributed by atoms with Crippen molar-refractivity contribution in [3.63, 3.8) is 0 Å². The fourth-order valence-electron chi connectivity index (χ4n) is 3.23. The average Bonchev–Trinajstić information content (AvgIpc) is 3.42. The smallest absolute Gasteiger partial charge is 0.274 e. The molecule has 4 aromatic rings. The van der Waals surface area contributed by atoms with Crippen molar-refractivity contribution in [1.29, 1.82) is 0 Å². The van der Waals surface area contributed by atoms with E-state index in [1.54, 1.807) is 24.2 Å². The number of imidazole rings is 1. The van der Waals surface area contributed by atoms with Crippen molar-refractivity contribution in [2.75, 3.05) is 7.11 Å². The minimum absolute atomic E-state index is 0.244. The van der Waals surface area contributed by atoms with Gasteiger partial charge in [-0.25, -0.2) is 9.67 Å². The summed E-state index contributed by atoms with van der Waals surface area (Å²) in [6.45, 7) is 0.541. The predicted octanol–water partition coefficient (Wildman–Crippen LogP) is 2.59. The number of carbonyl (C=O) groups excluding carboxylic acids is 1. The Morgan fingerprint density at radius 1 is 1.17 bits per heavy atom. The molecule has 0 spiro atoms. The number of benzene rings is 2. The molecular formula is C22H22N6O2. The van der Waals surface area contributed by atoms with Crippen molar-refractivity contribution < 1.29 is 9.53 Å². The highest BCUT2D eigenvalue weighted by Gasteiger charge is 2.23. The van der Waals surface area contributed by atoms with Crippen LogP contribution in [0.4, 0.5) is 0 Å². The molecule has 8 heteroatoms. The van der Waals surface area contributed by atoms with Crippen LogP contribution >= 0.6 is 0 Å². The summed E-state index contributed by atoms with van der Waals surface area (Å²) in [4.78, 5) is 17.4. The zero-order chi connectivity index (χ0) is 20.9. The standard InChI is InChI=1S/C22H22N6O2/c1-27-12-11-23-21(27)20(17-9-6-10-18(13-17)30-2)24-22(29)19-15-28(26-25-19)14-16-7-4-3-5-8-16/h3-13,15,20H,14H2,1-2H3,(H,24,29). The average molecular weight is 402 g/mol. The number of ether oxygens (including phenoxy) is 1. The maximum Gasteiger partial charge on any atom is 0.274 e. The Labute approximate surface area is 174 Å². The van der Waals surface area contributed by atoms with E-state index in [0.717, 1.165) is 11.1 Å². The van der Waals surface area contributed by atoms with Gasteiger partial charge in [0.25, 0.3) is 5.91 Å². The third-order valence-electron chi connectivity index (χ3n) is 4.78. The Morgan fingerprint density at radius 2 is 2.00 bits per heavy atom. The zero-order valence-electron chi connectivity index (χ0n) is 16.8. The van der Waals surface area contributed by atoms with Crippen molar-refractivity contribution >= 4 is 5.91 Å². The maximum atomic E-state index is 13.0. The molecule has 2 heterocycles. The number of hydrogen-bond donors (Lipinski definition) is 1. The fraction of sp³-hybridized carbons (Fsp3) is 0.182. The van der Waals surface area contributed by atoms with E-state index < -0.39 is 6.04 Å². The fourth-order valence-corrected chi connectivity index (χ4v) is 3.23. The van der Waals surface area contributed by atoms with Crippen LogP contribution in [0, 0.1) is 0 Å². The van der Waals surface area contributed by atoms with Crippen LogP contribution in [0.1, 0.15) is 33.5 Å². The quantitative estimate of drug-likeness (QED) is 0.513. The first kappa shape index (κ1) is 19.4. The second-order valence-electron chi connectivity index (χ2n) is 6.87. The van der Waals surface area contributed by atoms with E-state index in [0.29, 0.717) is 18.1 Å². The number of aromatic nitrogens is 5. The van der Waals surface area contributed by atoms with Crippen molar-refractivity contribution in [1.82, 2.24) is 29.9 Å². The molecule has 1 N–H and O–H groups in total. The van der Waals surface area contributed by atoms with Crippen molar-refractivity contribution in [3.8, 4) is 5.75 Å². The van der Waals surface area contributed by atoms with Crippen molar-refractivity contribution in [2.45, 2.75) is 12.6 Å². The molecule has 1 unspecified atom stereocenters. The number of methoxy groups -OCH3 is 1. The molecule has 0 aliphatic carbocycles. The number of nitrogens with zero attached hydrogens (tertiary/aromatic N) is 5. The molecule has 0 bridgehead atoms. The molecule has 0 saturated heterocycles. The molecule has 0 saturated carbocycles. The first-order valence-electron chi connectivity index (χ1n) is 9.50. The molecule has 8 nitrogen and oxygen atoms in total. The summed E-state index contributed by atoms with van der Waals surface area (Å²) < 4.78 is 8.85. The highest BCUT2D eigenvalue weighted by atomic mass is 16.5. The van der Waals surface area contributed by atoms with Crippen LogP contribution in [0.15, 0.2) is 73.2 Å². The molecular weight excluding hydrogens is 380 g/mol. The van der Waals surface area contributed by atoms with Gasteiger partial charge in [-0.1, -0.05) is 47.7 Å². The van der Waals surface area contributed by atoms with Crippen LogP contribution in [0.3, 0.4) is 0 Å². The molecule has 1 amide bonds. The highest BCUT2D eigenvalue weighted by molar-refractivity contribution is 5.92. The molecule has 2 aromatic carbocycles. The maximum absolute atomic E-state index is 13.0.